The summed E-state index contributed by atoms with van der Waals surface area (Å²) in [6.07, 6.45) is 2.04. The molecule has 0 bridgehead atoms. The van der Waals surface area contributed by atoms with E-state index in [1.165, 1.54) is 6.07 Å². The predicted octanol–water partition coefficient (Wildman–Crippen LogP) is 1.64. The van der Waals surface area contributed by atoms with Crippen LogP contribution in [0.5, 0.6) is 5.75 Å². The average Bonchev–Trinajstić information content (AvgIpc) is 2.33. The zero-order valence-corrected chi connectivity index (χ0v) is 11.0. The van der Waals surface area contributed by atoms with Crippen LogP contribution in [0, 0.1) is 0 Å². The van der Waals surface area contributed by atoms with Crippen LogP contribution >= 0.6 is 15.9 Å². The van der Waals surface area contributed by atoms with Gasteiger partial charge in [-0.1, -0.05) is 15.9 Å². The third kappa shape index (κ3) is 3.20. The summed E-state index contributed by atoms with van der Waals surface area (Å²) in [6.45, 7) is 1.80. The van der Waals surface area contributed by atoms with Gasteiger partial charge >= 0.3 is 0 Å². The molecule has 1 heterocycles. The van der Waals surface area contributed by atoms with E-state index in [0.717, 1.165) is 30.4 Å². The summed E-state index contributed by atoms with van der Waals surface area (Å²) < 4.78 is 0.780. The van der Waals surface area contributed by atoms with Gasteiger partial charge in [0.1, 0.15) is 5.75 Å². The van der Waals surface area contributed by atoms with Crippen LogP contribution in [0.15, 0.2) is 22.7 Å². The molecule has 1 fully saturated rings. The molecule has 5 heteroatoms. The molecule has 0 radical (unpaired) electrons. The Balaban J connectivity index is 2.05. The van der Waals surface area contributed by atoms with Crippen molar-refractivity contribution < 1.29 is 9.90 Å². The minimum Gasteiger partial charge on any atom is -0.507 e. The van der Waals surface area contributed by atoms with Crippen LogP contribution in [-0.2, 0) is 0 Å². The van der Waals surface area contributed by atoms with E-state index in [0.29, 0.717) is 5.56 Å². The number of carbonyl (C=O) groups is 1. The largest absolute Gasteiger partial charge is 0.507 e. The third-order valence-electron chi connectivity index (χ3n) is 2.84. The molecule has 1 aliphatic heterocycles. The van der Waals surface area contributed by atoms with Gasteiger partial charge in [0.2, 0.25) is 0 Å². The zero-order valence-electron chi connectivity index (χ0n) is 9.37. The molecule has 0 aliphatic carbocycles. The van der Waals surface area contributed by atoms with Crippen LogP contribution in [0.25, 0.3) is 0 Å². The van der Waals surface area contributed by atoms with Gasteiger partial charge < -0.3 is 15.7 Å². The fourth-order valence-corrected chi connectivity index (χ4v) is 2.29. The Kier molecular flexibility index (Phi) is 4.02. The molecular weight excluding hydrogens is 284 g/mol. The van der Waals surface area contributed by atoms with E-state index in [1.54, 1.807) is 12.1 Å². The molecule has 1 amide bonds. The van der Waals surface area contributed by atoms with Gasteiger partial charge in [-0.25, -0.2) is 0 Å². The van der Waals surface area contributed by atoms with Gasteiger partial charge in [-0.2, -0.15) is 0 Å². The van der Waals surface area contributed by atoms with Crippen molar-refractivity contribution in [3.63, 3.8) is 0 Å². The molecule has 4 nitrogen and oxygen atoms in total. The summed E-state index contributed by atoms with van der Waals surface area (Å²) in [5.41, 5.74) is 0.310. The third-order valence-corrected chi connectivity index (χ3v) is 3.33. The Morgan fingerprint density at radius 2 is 2.35 bits per heavy atom. The maximum atomic E-state index is 12.0. The number of carbonyl (C=O) groups excluding carboxylic acids is 1. The molecule has 1 atom stereocenters. The second-order valence-corrected chi connectivity index (χ2v) is 5.09. The first-order valence-electron chi connectivity index (χ1n) is 5.67. The Morgan fingerprint density at radius 1 is 1.53 bits per heavy atom. The second kappa shape index (κ2) is 5.51. The molecule has 0 aromatic heterocycles. The highest BCUT2D eigenvalue weighted by Gasteiger charge is 2.18. The minimum atomic E-state index is -0.225. The maximum absolute atomic E-state index is 12.0. The molecule has 1 aromatic rings. The van der Waals surface area contributed by atoms with Crippen molar-refractivity contribution in [2.24, 2.45) is 0 Å². The Bertz CT molecular complexity index is 417. The first kappa shape index (κ1) is 12.4. The molecule has 0 unspecified atom stereocenters. The SMILES string of the molecule is O=C(N[C@@H]1CCCNC1)c1cc(Br)ccc1O. The van der Waals surface area contributed by atoms with Gasteiger partial charge in [-0.3, -0.25) is 4.79 Å². The average molecular weight is 299 g/mol. The number of phenols is 1. The van der Waals surface area contributed by atoms with Gasteiger partial charge in [0.15, 0.2) is 0 Å². The number of rotatable bonds is 2. The van der Waals surface area contributed by atoms with E-state index in [9.17, 15) is 9.90 Å². The fraction of sp³-hybridized carbons (Fsp3) is 0.417. The topological polar surface area (TPSA) is 61.4 Å². The smallest absolute Gasteiger partial charge is 0.255 e. The van der Waals surface area contributed by atoms with E-state index in [-0.39, 0.29) is 17.7 Å². The molecule has 0 spiro atoms. The molecule has 0 saturated carbocycles. The van der Waals surface area contributed by atoms with Crippen LogP contribution in [0.1, 0.15) is 23.2 Å². The number of halogens is 1. The summed E-state index contributed by atoms with van der Waals surface area (Å²) in [5, 5.41) is 15.8. The van der Waals surface area contributed by atoms with Crippen molar-refractivity contribution in [2.45, 2.75) is 18.9 Å². The Hall–Kier alpha value is -1.07. The summed E-state index contributed by atoms with van der Waals surface area (Å²) in [5.74, 6) is -0.216. The quantitative estimate of drug-likeness (QED) is 0.778. The standard InChI is InChI=1S/C12H15BrN2O2/c13-8-3-4-11(16)10(6-8)12(17)15-9-2-1-5-14-7-9/h3-4,6,9,14,16H,1-2,5,7H2,(H,15,17)/t9-/m1/s1. The monoisotopic (exact) mass is 298 g/mol. The molecule has 1 aromatic carbocycles. The summed E-state index contributed by atoms with van der Waals surface area (Å²) >= 11 is 3.29. The summed E-state index contributed by atoms with van der Waals surface area (Å²) in [7, 11) is 0. The summed E-state index contributed by atoms with van der Waals surface area (Å²) in [6, 6.07) is 4.99. The Labute approximate surface area is 109 Å². The Morgan fingerprint density at radius 3 is 3.06 bits per heavy atom. The molecule has 3 N–H and O–H groups in total. The number of benzene rings is 1. The summed E-state index contributed by atoms with van der Waals surface area (Å²) in [4.78, 5) is 12.0. The zero-order chi connectivity index (χ0) is 12.3. The van der Waals surface area contributed by atoms with E-state index < -0.39 is 0 Å². The van der Waals surface area contributed by atoms with Gasteiger partial charge in [-0.15, -0.1) is 0 Å². The number of hydrogen-bond acceptors (Lipinski definition) is 3. The lowest BCUT2D eigenvalue weighted by molar-refractivity contribution is 0.0928. The molecular formula is C12H15BrN2O2. The van der Waals surface area contributed by atoms with Crippen molar-refractivity contribution in [3.05, 3.63) is 28.2 Å². The van der Waals surface area contributed by atoms with Gasteiger partial charge in [0.05, 0.1) is 5.56 Å². The van der Waals surface area contributed by atoms with Crippen molar-refractivity contribution in [1.29, 1.82) is 0 Å². The number of piperidine rings is 1. The van der Waals surface area contributed by atoms with Crippen LogP contribution in [0.4, 0.5) is 0 Å². The number of phenolic OH excluding ortho intramolecular Hbond substituents is 1. The second-order valence-electron chi connectivity index (χ2n) is 4.18. The normalized spacial score (nSPS) is 19.9. The molecule has 1 saturated heterocycles. The molecule has 17 heavy (non-hydrogen) atoms. The number of hydrogen-bond donors (Lipinski definition) is 3. The fourth-order valence-electron chi connectivity index (χ4n) is 1.93. The highest BCUT2D eigenvalue weighted by Crippen LogP contribution is 2.21. The van der Waals surface area contributed by atoms with Crippen LogP contribution in [0.3, 0.4) is 0 Å². The van der Waals surface area contributed by atoms with E-state index >= 15 is 0 Å². The van der Waals surface area contributed by atoms with Crippen molar-refractivity contribution in [1.82, 2.24) is 10.6 Å². The van der Waals surface area contributed by atoms with Gasteiger partial charge in [-0.05, 0) is 37.6 Å². The highest BCUT2D eigenvalue weighted by molar-refractivity contribution is 9.10. The molecule has 2 rings (SSSR count). The van der Waals surface area contributed by atoms with E-state index in [4.69, 9.17) is 0 Å². The first-order chi connectivity index (χ1) is 8.16. The van der Waals surface area contributed by atoms with E-state index in [1.807, 2.05) is 0 Å². The van der Waals surface area contributed by atoms with Gasteiger partial charge in [0, 0.05) is 17.1 Å². The predicted molar refractivity (Wildman–Crippen MR) is 69.2 cm³/mol. The lowest BCUT2D eigenvalue weighted by Crippen LogP contribution is -2.45. The van der Waals surface area contributed by atoms with Crippen molar-refractivity contribution in [2.75, 3.05) is 13.1 Å². The molecule has 1 aliphatic rings. The first-order valence-corrected chi connectivity index (χ1v) is 6.46. The van der Waals surface area contributed by atoms with Crippen molar-refractivity contribution >= 4 is 21.8 Å². The van der Waals surface area contributed by atoms with Crippen LogP contribution in [0.2, 0.25) is 0 Å². The maximum Gasteiger partial charge on any atom is 0.255 e. The van der Waals surface area contributed by atoms with E-state index in [2.05, 4.69) is 26.6 Å². The lowest BCUT2D eigenvalue weighted by Gasteiger charge is -2.23. The number of aromatic hydroxyl groups is 1. The lowest BCUT2D eigenvalue weighted by atomic mass is 10.1. The van der Waals surface area contributed by atoms with Crippen LogP contribution < -0.4 is 10.6 Å². The number of nitrogens with one attached hydrogen (secondary N) is 2. The van der Waals surface area contributed by atoms with Crippen molar-refractivity contribution in [3.8, 4) is 5.75 Å². The number of amides is 1. The van der Waals surface area contributed by atoms with Gasteiger partial charge in [0.25, 0.3) is 5.91 Å². The van der Waals surface area contributed by atoms with Crippen LogP contribution in [-0.4, -0.2) is 30.1 Å². The highest BCUT2D eigenvalue weighted by atomic mass is 79.9. The molecule has 92 valence electrons. The minimum absolute atomic E-state index is 0.00877.